The Hall–Kier alpha value is -4.29. The molecule has 0 aliphatic heterocycles. The molecule has 0 aliphatic carbocycles. The minimum atomic E-state index is -0.930. The zero-order valence-corrected chi connectivity index (χ0v) is 20.4. The van der Waals surface area contributed by atoms with Gasteiger partial charge in [-0.2, -0.15) is 0 Å². The van der Waals surface area contributed by atoms with Crippen LogP contribution in [0.25, 0.3) is 42.6 Å². The van der Waals surface area contributed by atoms with Crippen molar-refractivity contribution >= 4 is 55.2 Å². The van der Waals surface area contributed by atoms with E-state index in [2.05, 4.69) is 0 Å². The van der Waals surface area contributed by atoms with E-state index in [1.165, 1.54) is 11.3 Å². The van der Waals surface area contributed by atoms with Crippen LogP contribution in [-0.2, 0) is 4.74 Å². The lowest BCUT2D eigenvalue weighted by molar-refractivity contribution is 0.0246. The minimum absolute atomic E-state index is 0.263. The molecule has 6 rings (SSSR count). The number of hydrogen-bond donors (Lipinski definition) is 0. The van der Waals surface area contributed by atoms with E-state index in [-0.39, 0.29) is 5.91 Å². The van der Waals surface area contributed by atoms with Gasteiger partial charge in [-0.25, -0.2) is 9.78 Å². The molecule has 1 atom stereocenters. The highest BCUT2D eigenvalue weighted by Crippen LogP contribution is 2.33. The number of para-hydroxylation sites is 3. The van der Waals surface area contributed by atoms with Gasteiger partial charge in [0.2, 0.25) is 0 Å². The Bertz CT molecular complexity index is 1680. The first-order valence-corrected chi connectivity index (χ1v) is 12.7. The summed E-state index contributed by atoms with van der Waals surface area (Å²) < 4.78 is 8.59. The second-order valence-electron chi connectivity index (χ2n) is 8.54. The van der Waals surface area contributed by atoms with Crippen molar-refractivity contribution in [1.29, 1.82) is 0 Å². The molecule has 0 N–H and O–H groups in total. The SMILES string of the molecule is CCC(OC(=O)c1ccccc1-c1nc2ccccc2s1)C(=O)n1c2ccccc2c2ccccc21. The second kappa shape index (κ2) is 9.06. The predicted molar refractivity (Wildman–Crippen MR) is 145 cm³/mol. The second-order valence-corrected chi connectivity index (χ2v) is 9.57. The number of ether oxygens (including phenoxy) is 1. The normalized spacial score (nSPS) is 12.2. The van der Waals surface area contributed by atoms with Gasteiger partial charge in [0.05, 0.1) is 26.8 Å². The van der Waals surface area contributed by atoms with Crippen molar-refractivity contribution in [2.75, 3.05) is 0 Å². The first-order chi connectivity index (χ1) is 17.7. The lowest BCUT2D eigenvalue weighted by Crippen LogP contribution is -2.31. The Labute approximate surface area is 211 Å². The van der Waals surface area contributed by atoms with Gasteiger partial charge >= 0.3 is 5.97 Å². The first-order valence-electron chi connectivity index (χ1n) is 11.8. The quantitative estimate of drug-likeness (QED) is 0.237. The third kappa shape index (κ3) is 3.67. The molecule has 2 aromatic heterocycles. The van der Waals surface area contributed by atoms with Crippen LogP contribution in [0.3, 0.4) is 0 Å². The summed E-state index contributed by atoms with van der Waals surface area (Å²) in [4.78, 5) is 31.9. The number of fused-ring (bicyclic) bond motifs is 4. The van der Waals surface area contributed by atoms with Crippen LogP contribution in [0.4, 0.5) is 0 Å². The summed E-state index contributed by atoms with van der Waals surface area (Å²) in [5, 5.41) is 2.72. The largest absolute Gasteiger partial charge is 0.449 e. The molecular formula is C30H22N2O3S. The molecule has 0 saturated heterocycles. The third-order valence-corrected chi connectivity index (χ3v) is 7.44. The van der Waals surface area contributed by atoms with Gasteiger partial charge in [0.1, 0.15) is 5.01 Å². The average Bonchev–Trinajstić information content (AvgIpc) is 3.51. The van der Waals surface area contributed by atoms with Crippen LogP contribution >= 0.6 is 11.3 Å². The van der Waals surface area contributed by atoms with Crippen LogP contribution < -0.4 is 0 Å². The summed E-state index contributed by atoms with van der Waals surface area (Å²) in [6.07, 6.45) is -0.575. The number of hydrogen-bond acceptors (Lipinski definition) is 5. The zero-order chi connectivity index (χ0) is 24.6. The summed E-state index contributed by atoms with van der Waals surface area (Å²) in [6, 6.07) is 30.7. The van der Waals surface area contributed by atoms with E-state index >= 15 is 0 Å². The van der Waals surface area contributed by atoms with Gasteiger partial charge in [0.25, 0.3) is 5.91 Å². The van der Waals surface area contributed by atoms with Gasteiger partial charge in [-0.05, 0) is 36.8 Å². The summed E-state index contributed by atoms with van der Waals surface area (Å²) in [5.41, 5.74) is 3.57. The van der Waals surface area contributed by atoms with Gasteiger partial charge in [-0.1, -0.05) is 73.7 Å². The van der Waals surface area contributed by atoms with Gasteiger partial charge in [-0.3, -0.25) is 9.36 Å². The van der Waals surface area contributed by atoms with Gasteiger partial charge < -0.3 is 4.74 Å². The number of thiazole rings is 1. The molecule has 5 nitrogen and oxygen atoms in total. The van der Waals surface area contributed by atoms with Gasteiger partial charge in [0.15, 0.2) is 6.10 Å². The molecule has 2 heterocycles. The average molecular weight is 491 g/mol. The van der Waals surface area contributed by atoms with Crippen molar-refractivity contribution in [3.63, 3.8) is 0 Å². The Morgan fingerprint density at radius 3 is 2.14 bits per heavy atom. The Balaban J connectivity index is 1.36. The maximum absolute atomic E-state index is 13.8. The zero-order valence-electron chi connectivity index (χ0n) is 19.5. The number of aromatic nitrogens is 2. The standard InChI is InChI=1S/C30H22N2O3S/c1-2-26(29(33)32-24-16-8-5-11-19(24)20-12-6-9-17-25(20)32)35-30(34)22-14-4-3-13-21(22)28-31-23-15-7-10-18-27(23)36-28/h3-18,26H,2H2,1H3. The van der Waals surface area contributed by atoms with Crippen LogP contribution in [0.5, 0.6) is 0 Å². The number of rotatable bonds is 5. The first kappa shape index (κ1) is 22.2. The molecule has 176 valence electrons. The van der Waals surface area contributed by atoms with Crippen LogP contribution in [0.1, 0.15) is 28.5 Å². The minimum Gasteiger partial charge on any atom is -0.449 e. The van der Waals surface area contributed by atoms with E-state index in [1.807, 2.05) is 91.9 Å². The topological polar surface area (TPSA) is 61.2 Å². The molecule has 0 bridgehead atoms. The van der Waals surface area contributed by atoms with Crippen LogP contribution in [0.15, 0.2) is 97.1 Å². The monoisotopic (exact) mass is 490 g/mol. The fourth-order valence-electron chi connectivity index (χ4n) is 4.64. The molecule has 0 aliphatic rings. The highest BCUT2D eigenvalue weighted by Gasteiger charge is 2.28. The third-order valence-electron chi connectivity index (χ3n) is 6.37. The van der Waals surface area contributed by atoms with Crippen molar-refractivity contribution < 1.29 is 14.3 Å². The van der Waals surface area contributed by atoms with Crippen LogP contribution in [0.2, 0.25) is 0 Å². The predicted octanol–water partition coefficient (Wildman–Crippen LogP) is 7.35. The van der Waals surface area contributed by atoms with Crippen molar-refractivity contribution in [1.82, 2.24) is 9.55 Å². The summed E-state index contributed by atoms with van der Waals surface area (Å²) >= 11 is 1.52. The van der Waals surface area contributed by atoms with E-state index in [1.54, 1.807) is 16.7 Å². The molecule has 0 amide bonds. The Kier molecular flexibility index (Phi) is 5.58. The van der Waals surface area contributed by atoms with Crippen molar-refractivity contribution in [2.24, 2.45) is 0 Å². The highest BCUT2D eigenvalue weighted by atomic mass is 32.1. The number of esters is 1. The fourth-order valence-corrected chi connectivity index (χ4v) is 5.65. The maximum atomic E-state index is 13.8. The van der Waals surface area contributed by atoms with Gasteiger partial charge in [-0.15, -0.1) is 11.3 Å². The lowest BCUT2D eigenvalue weighted by Gasteiger charge is -2.18. The molecule has 0 saturated carbocycles. The van der Waals surface area contributed by atoms with E-state index in [9.17, 15) is 9.59 Å². The lowest BCUT2D eigenvalue weighted by atomic mass is 10.1. The maximum Gasteiger partial charge on any atom is 0.339 e. The van der Waals surface area contributed by atoms with E-state index in [4.69, 9.17) is 9.72 Å². The fraction of sp³-hybridized carbons (Fsp3) is 0.100. The molecule has 36 heavy (non-hydrogen) atoms. The Morgan fingerprint density at radius 2 is 1.44 bits per heavy atom. The number of carbonyl (C=O) groups is 2. The van der Waals surface area contributed by atoms with Crippen molar-refractivity contribution in [2.45, 2.75) is 19.4 Å². The summed E-state index contributed by atoms with van der Waals surface area (Å²) in [6.45, 7) is 1.85. The number of benzene rings is 4. The molecule has 6 heteroatoms. The summed E-state index contributed by atoms with van der Waals surface area (Å²) in [5.74, 6) is -0.799. The van der Waals surface area contributed by atoms with Crippen LogP contribution in [-0.4, -0.2) is 27.5 Å². The number of carbonyl (C=O) groups excluding carboxylic acids is 2. The Morgan fingerprint density at radius 1 is 0.833 bits per heavy atom. The molecule has 6 aromatic rings. The number of nitrogens with zero attached hydrogens (tertiary/aromatic N) is 2. The van der Waals surface area contributed by atoms with E-state index in [0.717, 1.165) is 37.0 Å². The molecule has 4 aromatic carbocycles. The molecular weight excluding hydrogens is 468 g/mol. The highest BCUT2D eigenvalue weighted by molar-refractivity contribution is 7.21. The smallest absolute Gasteiger partial charge is 0.339 e. The molecule has 0 spiro atoms. The summed E-state index contributed by atoms with van der Waals surface area (Å²) in [7, 11) is 0. The molecule has 0 fully saturated rings. The van der Waals surface area contributed by atoms with E-state index < -0.39 is 12.1 Å². The van der Waals surface area contributed by atoms with Crippen molar-refractivity contribution in [3.8, 4) is 10.6 Å². The molecule has 1 unspecified atom stereocenters. The molecule has 0 radical (unpaired) electrons. The van der Waals surface area contributed by atoms with Crippen LogP contribution in [0, 0.1) is 0 Å². The van der Waals surface area contributed by atoms with E-state index in [0.29, 0.717) is 17.5 Å². The van der Waals surface area contributed by atoms with Crippen molar-refractivity contribution in [3.05, 3.63) is 103 Å². The van der Waals surface area contributed by atoms with Gasteiger partial charge in [0, 0.05) is 16.3 Å².